The van der Waals surface area contributed by atoms with E-state index in [0.29, 0.717) is 11.4 Å². The van der Waals surface area contributed by atoms with E-state index in [2.05, 4.69) is 5.32 Å². The number of aryl methyl sites for hydroxylation is 2. The molecule has 1 saturated heterocycles. The van der Waals surface area contributed by atoms with E-state index in [9.17, 15) is 24.5 Å². The van der Waals surface area contributed by atoms with Gasteiger partial charge in [-0.1, -0.05) is 6.07 Å². The molecule has 156 valence electrons. The first-order chi connectivity index (χ1) is 14.2. The Morgan fingerprint density at radius 3 is 2.50 bits per heavy atom. The molecule has 0 radical (unpaired) electrons. The molecule has 2 aromatic rings. The molecular weight excluding hydrogens is 390 g/mol. The number of carbonyl (C=O) groups excluding carboxylic acids is 3. The molecule has 1 aliphatic heterocycles. The lowest BCUT2D eigenvalue weighted by molar-refractivity contribution is -0.384. The normalized spacial score (nSPS) is 15.7. The number of carbonyl (C=O) groups is 3. The van der Waals surface area contributed by atoms with Gasteiger partial charge in [-0.25, -0.2) is 0 Å². The molecule has 9 nitrogen and oxygen atoms in total. The number of non-ortho nitro benzene ring substituents is 1. The average molecular weight is 411 g/mol. The van der Waals surface area contributed by atoms with Gasteiger partial charge < -0.3 is 15.0 Å². The van der Waals surface area contributed by atoms with Gasteiger partial charge in [0, 0.05) is 36.5 Å². The van der Waals surface area contributed by atoms with Crippen LogP contribution < -0.4 is 10.2 Å². The van der Waals surface area contributed by atoms with E-state index in [1.807, 2.05) is 26.0 Å². The van der Waals surface area contributed by atoms with E-state index in [1.54, 1.807) is 6.07 Å². The number of nitro groups is 1. The van der Waals surface area contributed by atoms with Gasteiger partial charge in [-0.3, -0.25) is 24.5 Å². The van der Waals surface area contributed by atoms with E-state index in [-0.39, 0.29) is 24.6 Å². The lowest BCUT2D eigenvalue weighted by Gasteiger charge is -2.16. The van der Waals surface area contributed by atoms with Gasteiger partial charge in [-0.15, -0.1) is 0 Å². The number of anilines is 2. The highest BCUT2D eigenvalue weighted by Gasteiger charge is 2.36. The first-order valence-electron chi connectivity index (χ1n) is 9.33. The van der Waals surface area contributed by atoms with Crippen LogP contribution >= 0.6 is 0 Å². The number of hydrogen-bond donors (Lipinski definition) is 1. The van der Waals surface area contributed by atoms with Crippen LogP contribution in [0, 0.1) is 29.9 Å². The van der Waals surface area contributed by atoms with Crippen LogP contribution in [0.2, 0.25) is 0 Å². The van der Waals surface area contributed by atoms with Gasteiger partial charge in [0.05, 0.1) is 10.8 Å². The molecule has 2 amide bonds. The van der Waals surface area contributed by atoms with Gasteiger partial charge in [0.2, 0.25) is 5.91 Å². The molecule has 1 atom stereocenters. The van der Waals surface area contributed by atoms with Crippen molar-refractivity contribution in [2.24, 2.45) is 5.92 Å². The molecule has 0 saturated carbocycles. The second-order valence-corrected chi connectivity index (χ2v) is 7.13. The van der Waals surface area contributed by atoms with E-state index < -0.39 is 29.3 Å². The van der Waals surface area contributed by atoms with Crippen molar-refractivity contribution in [3.8, 4) is 0 Å². The van der Waals surface area contributed by atoms with E-state index in [1.165, 1.54) is 29.2 Å². The number of nitrogens with one attached hydrogen (secondary N) is 1. The van der Waals surface area contributed by atoms with Gasteiger partial charge in [0.25, 0.3) is 11.6 Å². The van der Waals surface area contributed by atoms with Crippen LogP contribution in [0.1, 0.15) is 17.5 Å². The molecule has 3 rings (SSSR count). The second-order valence-electron chi connectivity index (χ2n) is 7.13. The summed E-state index contributed by atoms with van der Waals surface area (Å²) in [5.41, 5.74) is 3.12. The molecule has 9 heteroatoms. The summed E-state index contributed by atoms with van der Waals surface area (Å²) in [6.07, 6.45) is -0.0470. The molecule has 30 heavy (non-hydrogen) atoms. The third-order valence-electron chi connectivity index (χ3n) is 4.97. The highest BCUT2D eigenvalue weighted by Crippen LogP contribution is 2.27. The zero-order valence-electron chi connectivity index (χ0n) is 16.6. The quantitative estimate of drug-likeness (QED) is 0.443. The third kappa shape index (κ3) is 4.80. The number of nitrogens with zero attached hydrogens (tertiary/aromatic N) is 2. The molecule has 1 heterocycles. The first kappa shape index (κ1) is 21.0. The third-order valence-corrected chi connectivity index (χ3v) is 4.97. The molecule has 0 bridgehead atoms. The predicted molar refractivity (Wildman–Crippen MR) is 109 cm³/mol. The molecule has 1 N–H and O–H groups in total. The van der Waals surface area contributed by atoms with Crippen molar-refractivity contribution < 1.29 is 24.0 Å². The van der Waals surface area contributed by atoms with Crippen LogP contribution in [-0.2, 0) is 19.1 Å². The summed E-state index contributed by atoms with van der Waals surface area (Å²) in [4.78, 5) is 48.2. The zero-order chi connectivity index (χ0) is 21.8. The number of hydrogen-bond acceptors (Lipinski definition) is 6. The lowest BCUT2D eigenvalue weighted by Crippen LogP contribution is -2.28. The van der Waals surface area contributed by atoms with Crippen LogP contribution in [0.25, 0.3) is 0 Å². The zero-order valence-corrected chi connectivity index (χ0v) is 16.6. The molecule has 1 fully saturated rings. The lowest BCUT2D eigenvalue weighted by atomic mass is 10.1. The number of amides is 2. The minimum Gasteiger partial charge on any atom is -0.455 e. The standard InChI is InChI=1S/C21H21N3O6/c1-13-3-4-16(9-14(13)2)22-19(25)12-30-21(27)15-10-20(26)23(11-15)17-5-7-18(8-6-17)24(28)29/h3-9,15H,10-12H2,1-2H3,(H,22,25)/t15-/m0/s1. The average Bonchev–Trinajstić information content (AvgIpc) is 3.11. The Balaban J connectivity index is 1.53. The Morgan fingerprint density at radius 2 is 1.87 bits per heavy atom. The molecule has 1 aliphatic rings. The predicted octanol–water partition coefficient (Wildman–Crippen LogP) is 2.75. The van der Waals surface area contributed by atoms with Crippen LogP contribution in [-0.4, -0.2) is 35.9 Å². The summed E-state index contributed by atoms with van der Waals surface area (Å²) in [5.74, 6) is -2.10. The maximum atomic E-state index is 12.3. The number of ether oxygens (including phenoxy) is 1. The monoisotopic (exact) mass is 411 g/mol. The second kappa shape index (κ2) is 8.73. The highest BCUT2D eigenvalue weighted by molar-refractivity contribution is 6.00. The smallest absolute Gasteiger partial charge is 0.311 e. The van der Waals surface area contributed by atoms with Crippen molar-refractivity contribution in [3.63, 3.8) is 0 Å². The Hall–Kier alpha value is -3.75. The van der Waals surface area contributed by atoms with E-state index in [0.717, 1.165) is 11.1 Å². The van der Waals surface area contributed by atoms with E-state index >= 15 is 0 Å². The van der Waals surface area contributed by atoms with E-state index in [4.69, 9.17) is 4.74 Å². The Morgan fingerprint density at radius 1 is 1.17 bits per heavy atom. The summed E-state index contributed by atoms with van der Waals surface area (Å²) < 4.78 is 5.08. The number of benzene rings is 2. The SMILES string of the molecule is Cc1ccc(NC(=O)COC(=O)[C@H]2CC(=O)N(c3ccc([N+](=O)[O-])cc3)C2)cc1C. The minimum absolute atomic E-state index is 0.0470. The molecular formula is C21H21N3O6. The molecule has 0 aromatic heterocycles. The van der Waals surface area contributed by atoms with Gasteiger partial charge >= 0.3 is 5.97 Å². The maximum Gasteiger partial charge on any atom is 0.311 e. The van der Waals surface area contributed by atoms with Crippen molar-refractivity contribution in [2.45, 2.75) is 20.3 Å². The molecule has 0 spiro atoms. The summed E-state index contributed by atoms with van der Waals surface area (Å²) >= 11 is 0. The maximum absolute atomic E-state index is 12.3. The number of nitro benzene ring substituents is 1. The molecule has 0 unspecified atom stereocenters. The summed E-state index contributed by atoms with van der Waals surface area (Å²) in [5, 5.41) is 13.4. The van der Waals surface area contributed by atoms with Crippen LogP contribution in [0.3, 0.4) is 0 Å². The Bertz CT molecular complexity index is 1000. The fourth-order valence-electron chi connectivity index (χ4n) is 3.14. The number of esters is 1. The van der Waals surface area contributed by atoms with Crippen molar-refractivity contribution in [3.05, 3.63) is 63.7 Å². The van der Waals surface area contributed by atoms with Gasteiger partial charge in [-0.05, 0) is 49.2 Å². The topological polar surface area (TPSA) is 119 Å². The summed E-state index contributed by atoms with van der Waals surface area (Å²) in [6, 6.07) is 11.0. The molecule has 0 aliphatic carbocycles. The fourth-order valence-corrected chi connectivity index (χ4v) is 3.14. The van der Waals surface area contributed by atoms with Gasteiger partial charge in [-0.2, -0.15) is 0 Å². The van der Waals surface area contributed by atoms with Crippen LogP contribution in [0.4, 0.5) is 17.1 Å². The van der Waals surface area contributed by atoms with Crippen molar-refractivity contribution in [2.75, 3.05) is 23.4 Å². The Labute approximate surface area is 172 Å². The fraction of sp³-hybridized carbons (Fsp3) is 0.286. The highest BCUT2D eigenvalue weighted by atomic mass is 16.6. The largest absolute Gasteiger partial charge is 0.455 e. The summed E-state index contributed by atoms with van der Waals surface area (Å²) in [7, 11) is 0. The van der Waals surface area contributed by atoms with Crippen molar-refractivity contribution in [1.29, 1.82) is 0 Å². The van der Waals surface area contributed by atoms with Crippen molar-refractivity contribution in [1.82, 2.24) is 0 Å². The van der Waals surface area contributed by atoms with Gasteiger partial charge in [0.15, 0.2) is 6.61 Å². The number of rotatable bonds is 6. The van der Waals surface area contributed by atoms with Crippen molar-refractivity contribution >= 4 is 34.8 Å². The van der Waals surface area contributed by atoms with Gasteiger partial charge in [0.1, 0.15) is 0 Å². The molecule has 2 aromatic carbocycles. The van der Waals surface area contributed by atoms with Crippen LogP contribution in [0.5, 0.6) is 0 Å². The first-order valence-corrected chi connectivity index (χ1v) is 9.33. The minimum atomic E-state index is -0.706. The summed E-state index contributed by atoms with van der Waals surface area (Å²) in [6.45, 7) is 3.53. The van der Waals surface area contributed by atoms with Crippen LogP contribution in [0.15, 0.2) is 42.5 Å². The Kier molecular flexibility index (Phi) is 6.10.